The summed E-state index contributed by atoms with van der Waals surface area (Å²) in [4.78, 5) is 46.1. The Morgan fingerprint density at radius 3 is 2.60 bits per heavy atom. The number of esters is 1. The summed E-state index contributed by atoms with van der Waals surface area (Å²) in [6, 6.07) is 9.36. The average Bonchev–Trinajstić information content (AvgIpc) is 3.67. The molecular weight excluding hydrogens is 596 g/mol. The number of carbonyl (C=O) groups excluding carboxylic acids is 3. The predicted octanol–water partition coefficient (Wildman–Crippen LogP) is 6.55. The van der Waals surface area contributed by atoms with Crippen molar-refractivity contribution in [3.8, 4) is 17.2 Å². The monoisotopic (exact) mass is 634 g/mol. The summed E-state index contributed by atoms with van der Waals surface area (Å²) < 4.78 is 22.9. The molecule has 0 unspecified atom stereocenters. The summed E-state index contributed by atoms with van der Waals surface area (Å²) >= 11 is 0.959. The zero-order valence-corrected chi connectivity index (χ0v) is 27.0. The Kier molecular flexibility index (Phi) is 9.77. The summed E-state index contributed by atoms with van der Waals surface area (Å²) in [5.41, 5.74) is 2.06. The van der Waals surface area contributed by atoms with Gasteiger partial charge >= 0.3 is 11.9 Å². The quantitative estimate of drug-likeness (QED) is 0.0777. The average molecular weight is 635 g/mol. The van der Waals surface area contributed by atoms with Crippen LogP contribution in [0.25, 0.3) is 5.76 Å². The maximum absolute atomic E-state index is 13.8. The van der Waals surface area contributed by atoms with E-state index in [1.807, 2.05) is 13.8 Å². The number of hydrogen-bond acceptors (Lipinski definition) is 10. The van der Waals surface area contributed by atoms with Gasteiger partial charge in [0.05, 0.1) is 37.1 Å². The number of aliphatic hydroxyl groups is 1. The molecule has 3 heterocycles. The van der Waals surface area contributed by atoms with Crippen LogP contribution in [0.1, 0.15) is 85.1 Å². The molecule has 0 aliphatic carbocycles. The van der Waals surface area contributed by atoms with Gasteiger partial charge in [0.2, 0.25) is 0 Å². The van der Waals surface area contributed by atoms with Crippen LogP contribution >= 0.6 is 11.3 Å². The first-order chi connectivity index (χ1) is 21.7. The Bertz CT molecular complexity index is 1640. The van der Waals surface area contributed by atoms with Crippen LogP contribution in [0.3, 0.4) is 0 Å². The Labute approximate surface area is 266 Å². The standard InChI is InChI=1S/C34H38N2O8S/c1-6-9-10-15-43-25-14-11-21(18-26(25)41-7-2)28-27(29(37)22-12-13-24-23(17-22)16-19(4)44-24)30(38)32(39)36(28)34-35-20(5)31(45-34)33(40)42-8-3/h11-14,17-19,28,37H,6-10,15-16H2,1-5H3/t19-,28-/m0/s1. The van der Waals surface area contributed by atoms with E-state index in [2.05, 4.69) is 11.9 Å². The molecule has 3 aromatic rings. The molecule has 0 spiro atoms. The van der Waals surface area contributed by atoms with Crippen LogP contribution in [0.15, 0.2) is 42.0 Å². The van der Waals surface area contributed by atoms with Crippen LogP contribution in [0.2, 0.25) is 0 Å². The van der Waals surface area contributed by atoms with E-state index >= 15 is 0 Å². The van der Waals surface area contributed by atoms with E-state index in [0.29, 0.717) is 48.0 Å². The second-order valence-corrected chi connectivity index (χ2v) is 11.9. The van der Waals surface area contributed by atoms with E-state index in [1.54, 1.807) is 50.2 Å². The van der Waals surface area contributed by atoms with Crippen molar-refractivity contribution in [2.75, 3.05) is 24.7 Å². The van der Waals surface area contributed by atoms with Crippen molar-refractivity contribution in [2.24, 2.45) is 0 Å². The zero-order valence-electron chi connectivity index (χ0n) is 26.2. The minimum Gasteiger partial charge on any atom is -0.507 e. The van der Waals surface area contributed by atoms with Crippen molar-refractivity contribution in [3.63, 3.8) is 0 Å². The summed E-state index contributed by atoms with van der Waals surface area (Å²) in [7, 11) is 0. The molecule has 2 aromatic carbocycles. The van der Waals surface area contributed by atoms with Crippen LogP contribution in [0.5, 0.6) is 17.2 Å². The van der Waals surface area contributed by atoms with Crippen LogP contribution in [0.4, 0.5) is 5.13 Å². The van der Waals surface area contributed by atoms with Crippen LogP contribution in [-0.2, 0) is 20.7 Å². The Morgan fingerprint density at radius 2 is 1.87 bits per heavy atom. The molecule has 0 saturated carbocycles. The number of unbranched alkanes of at least 4 members (excludes halogenated alkanes) is 2. The first-order valence-corrected chi connectivity index (χ1v) is 16.1. The SMILES string of the molecule is CCCCCOc1ccc([C@H]2C(=C(O)c3ccc4c(c3)C[C@H](C)O4)C(=O)C(=O)N2c2nc(C)c(C(=O)OCC)s2)cc1OCC. The van der Waals surface area contributed by atoms with Crippen molar-refractivity contribution in [1.29, 1.82) is 0 Å². The molecule has 1 aromatic heterocycles. The summed E-state index contributed by atoms with van der Waals surface area (Å²) in [6.45, 7) is 10.3. The number of hydrogen-bond donors (Lipinski definition) is 1. The highest BCUT2D eigenvalue weighted by Crippen LogP contribution is 2.46. The van der Waals surface area contributed by atoms with Crippen LogP contribution < -0.4 is 19.1 Å². The fraction of sp³-hybridized carbons (Fsp3) is 0.412. The van der Waals surface area contributed by atoms with Crippen molar-refractivity contribution < 1.29 is 38.4 Å². The lowest BCUT2D eigenvalue weighted by Gasteiger charge is -2.24. The van der Waals surface area contributed by atoms with Gasteiger partial charge in [-0.05, 0) is 75.6 Å². The lowest BCUT2D eigenvalue weighted by Crippen LogP contribution is -2.29. The molecule has 10 nitrogen and oxygen atoms in total. The number of Topliss-reactive ketones (excluding diaryl/α,β-unsaturated/α-hetero) is 1. The van der Waals surface area contributed by atoms with E-state index in [0.717, 1.165) is 41.9 Å². The number of ketones is 1. The second-order valence-electron chi connectivity index (χ2n) is 11.0. The number of rotatable bonds is 12. The predicted molar refractivity (Wildman–Crippen MR) is 170 cm³/mol. The minimum atomic E-state index is -1.07. The van der Waals surface area contributed by atoms with E-state index in [-0.39, 0.29) is 34.1 Å². The number of anilines is 1. The summed E-state index contributed by atoms with van der Waals surface area (Å²) in [6.07, 6.45) is 3.63. The number of aryl methyl sites for hydroxylation is 1. The Morgan fingerprint density at radius 1 is 1.07 bits per heavy atom. The molecule has 1 N–H and O–H groups in total. The first kappa shape index (κ1) is 32.0. The van der Waals surface area contributed by atoms with E-state index < -0.39 is 23.7 Å². The number of fused-ring (bicyclic) bond motifs is 1. The van der Waals surface area contributed by atoms with Crippen LogP contribution in [-0.4, -0.2) is 53.7 Å². The lowest BCUT2D eigenvalue weighted by atomic mass is 9.94. The third kappa shape index (κ3) is 6.40. The molecule has 1 amide bonds. The van der Waals surface area contributed by atoms with Crippen molar-refractivity contribution >= 4 is 39.9 Å². The number of benzene rings is 2. The number of aliphatic hydroxyl groups excluding tert-OH is 1. The summed E-state index contributed by atoms with van der Waals surface area (Å²) in [5, 5.41) is 11.8. The van der Waals surface area contributed by atoms with Gasteiger partial charge in [0, 0.05) is 12.0 Å². The highest BCUT2D eigenvalue weighted by atomic mass is 32.1. The van der Waals surface area contributed by atoms with Crippen molar-refractivity contribution in [2.45, 2.75) is 72.4 Å². The maximum atomic E-state index is 13.8. The molecule has 2 aliphatic rings. The second kappa shape index (κ2) is 13.7. The zero-order chi connectivity index (χ0) is 32.2. The normalized spacial score (nSPS) is 18.6. The largest absolute Gasteiger partial charge is 0.507 e. The number of carbonyl (C=O) groups is 3. The molecule has 1 fully saturated rings. The molecule has 11 heteroatoms. The van der Waals surface area contributed by atoms with Crippen molar-refractivity contribution in [1.82, 2.24) is 4.98 Å². The van der Waals surface area contributed by atoms with Crippen LogP contribution in [0, 0.1) is 6.92 Å². The molecule has 1 saturated heterocycles. The molecule has 0 bridgehead atoms. The smallest absolute Gasteiger partial charge is 0.350 e. The van der Waals surface area contributed by atoms with Gasteiger partial charge in [-0.25, -0.2) is 9.78 Å². The lowest BCUT2D eigenvalue weighted by molar-refractivity contribution is -0.132. The third-order valence-corrected chi connectivity index (χ3v) is 8.79. The van der Waals surface area contributed by atoms with Gasteiger partial charge in [-0.15, -0.1) is 0 Å². The first-order valence-electron chi connectivity index (χ1n) is 15.3. The van der Waals surface area contributed by atoms with Gasteiger partial charge in [0.25, 0.3) is 5.78 Å². The molecule has 5 rings (SSSR count). The minimum absolute atomic E-state index is 0.00981. The fourth-order valence-electron chi connectivity index (χ4n) is 5.56. The summed E-state index contributed by atoms with van der Waals surface area (Å²) in [5.74, 6) is -0.923. The molecule has 2 aliphatic heterocycles. The third-order valence-electron chi connectivity index (χ3n) is 7.65. The number of ether oxygens (including phenoxy) is 4. The molecule has 2 atom stereocenters. The number of thiazole rings is 1. The molecule has 45 heavy (non-hydrogen) atoms. The number of aromatic nitrogens is 1. The van der Waals surface area contributed by atoms with E-state index in [1.165, 1.54) is 4.90 Å². The van der Waals surface area contributed by atoms with Gasteiger partial charge in [-0.3, -0.25) is 14.5 Å². The molecule has 238 valence electrons. The Balaban J connectivity index is 1.65. The van der Waals surface area contributed by atoms with E-state index in [9.17, 15) is 19.5 Å². The molecular formula is C34H38N2O8S. The van der Waals surface area contributed by atoms with Gasteiger partial charge in [0.1, 0.15) is 22.5 Å². The van der Waals surface area contributed by atoms with Crippen molar-refractivity contribution in [3.05, 3.63) is 69.2 Å². The van der Waals surface area contributed by atoms with Gasteiger partial charge in [-0.2, -0.15) is 0 Å². The van der Waals surface area contributed by atoms with Gasteiger partial charge < -0.3 is 24.1 Å². The van der Waals surface area contributed by atoms with Gasteiger partial charge in [0.15, 0.2) is 16.6 Å². The highest BCUT2D eigenvalue weighted by molar-refractivity contribution is 7.17. The van der Waals surface area contributed by atoms with Gasteiger partial charge in [-0.1, -0.05) is 37.2 Å². The fourth-order valence-corrected chi connectivity index (χ4v) is 6.55. The molecule has 0 radical (unpaired) electrons. The highest BCUT2D eigenvalue weighted by Gasteiger charge is 2.49. The van der Waals surface area contributed by atoms with E-state index in [4.69, 9.17) is 18.9 Å². The topological polar surface area (TPSA) is 124 Å². The number of amides is 1. The number of nitrogens with zero attached hydrogens (tertiary/aromatic N) is 2. The Hall–Kier alpha value is -4.38. The maximum Gasteiger partial charge on any atom is 0.350 e.